The summed E-state index contributed by atoms with van der Waals surface area (Å²) in [5, 5.41) is 0.710. The van der Waals surface area contributed by atoms with Gasteiger partial charge in [-0.05, 0) is 17.7 Å². The Hall–Kier alpha value is -0.280. The van der Waals surface area contributed by atoms with Gasteiger partial charge in [0, 0.05) is 22.2 Å². The maximum Gasteiger partial charge on any atom is 0.162 e. The van der Waals surface area contributed by atoms with Gasteiger partial charge in [0.15, 0.2) is 5.78 Å². The first-order valence-corrected chi connectivity index (χ1v) is 5.67. The molecule has 0 aliphatic carbocycles. The van der Waals surface area contributed by atoms with Gasteiger partial charge in [-0.3, -0.25) is 4.79 Å². The van der Waals surface area contributed by atoms with Crippen LogP contribution in [0, 0.1) is 0 Å². The summed E-state index contributed by atoms with van der Waals surface area (Å²) in [6.45, 7) is 1.87. The lowest BCUT2D eigenvalue weighted by Crippen LogP contribution is -2.00. The second-order valence-electron chi connectivity index (χ2n) is 2.75. The molecule has 1 aromatic carbocycles. The van der Waals surface area contributed by atoms with E-state index in [0.717, 1.165) is 16.0 Å². The Morgan fingerprint density at radius 2 is 2.23 bits per heavy atom. The van der Waals surface area contributed by atoms with E-state index >= 15 is 0 Å². The quantitative estimate of drug-likeness (QED) is 0.499. The summed E-state index contributed by atoms with van der Waals surface area (Å²) >= 11 is 7.56. The number of benzene rings is 1. The maximum atomic E-state index is 11.5. The van der Waals surface area contributed by atoms with E-state index in [0.29, 0.717) is 11.8 Å². The van der Waals surface area contributed by atoms with E-state index in [1.807, 2.05) is 25.1 Å². The van der Waals surface area contributed by atoms with Gasteiger partial charge in [0.05, 0.1) is 0 Å². The Morgan fingerprint density at radius 3 is 2.77 bits per heavy atom. The summed E-state index contributed by atoms with van der Waals surface area (Å²) in [7, 11) is 0. The van der Waals surface area contributed by atoms with Crippen LogP contribution in [0.1, 0.15) is 29.3 Å². The average molecular weight is 259 g/mol. The first-order chi connectivity index (χ1) is 6.19. The fraction of sp³-hybridized carbons (Fsp3) is 0.300. The second-order valence-corrected chi connectivity index (χ2v) is 3.83. The van der Waals surface area contributed by atoms with Crippen LogP contribution in [0.2, 0.25) is 0 Å². The fourth-order valence-corrected chi connectivity index (χ4v) is 1.82. The van der Waals surface area contributed by atoms with Crippen LogP contribution in [0.4, 0.5) is 0 Å². The molecule has 0 radical (unpaired) electrons. The standard InChI is InChI=1S/C10H11BrOS/c1-2-10(12)9-5-8(13)4-3-7(9)6-11/h3-5,13H,2,6H2,1H3. The zero-order chi connectivity index (χ0) is 9.84. The van der Waals surface area contributed by atoms with E-state index in [-0.39, 0.29) is 5.78 Å². The normalized spacial score (nSPS) is 10.1. The molecule has 0 bridgehead atoms. The molecular weight excluding hydrogens is 248 g/mol. The van der Waals surface area contributed by atoms with Gasteiger partial charge < -0.3 is 0 Å². The van der Waals surface area contributed by atoms with Crippen molar-refractivity contribution in [2.45, 2.75) is 23.6 Å². The molecule has 0 aromatic heterocycles. The predicted molar refractivity (Wildman–Crippen MR) is 60.9 cm³/mol. The van der Waals surface area contributed by atoms with Crippen molar-refractivity contribution < 1.29 is 4.79 Å². The molecule has 0 aliphatic rings. The third kappa shape index (κ3) is 2.58. The number of hydrogen-bond acceptors (Lipinski definition) is 2. The topological polar surface area (TPSA) is 17.1 Å². The molecule has 0 saturated carbocycles. The van der Waals surface area contributed by atoms with Gasteiger partial charge in [-0.25, -0.2) is 0 Å². The lowest BCUT2D eigenvalue weighted by molar-refractivity contribution is 0.0987. The number of ketones is 1. The number of carbonyl (C=O) groups is 1. The summed E-state index contributed by atoms with van der Waals surface area (Å²) < 4.78 is 0. The van der Waals surface area contributed by atoms with Crippen molar-refractivity contribution in [2.75, 3.05) is 0 Å². The molecule has 0 amide bonds. The Morgan fingerprint density at radius 1 is 1.54 bits per heavy atom. The highest BCUT2D eigenvalue weighted by Crippen LogP contribution is 2.18. The first-order valence-electron chi connectivity index (χ1n) is 4.10. The van der Waals surface area contributed by atoms with Gasteiger partial charge in [-0.15, -0.1) is 12.6 Å². The molecule has 0 unspecified atom stereocenters. The van der Waals surface area contributed by atoms with Crippen LogP contribution < -0.4 is 0 Å². The van der Waals surface area contributed by atoms with Crippen molar-refractivity contribution in [3.8, 4) is 0 Å². The Bertz CT molecular complexity index is 323. The molecular formula is C10H11BrOS. The molecule has 1 nitrogen and oxygen atoms in total. The van der Waals surface area contributed by atoms with Gasteiger partial charge in [0.1, 0.15) is 0 Å². The van der Waals surface area contributed by atoms with Gasteiger partial charge >= 0.3 is 0 Å². The van der Waals surface area contributed by atoms with Crippen LogP contribution in [-0.4, -0.2) is 5.78 Å². The van der Waals surface area contributed by atoms with Crippen LogP contribution in [0.15, 0.2) is 23.1 Å². The molecule has 0 spiro atoms. The van der Waals surface area contributed by atoms with Gasteiger partial charge in [0.25, 0.3) is 0 Å². The smallest absolute Gasteiger partial charge is 0.162 e. The molecule has 1 rings (SSSR count). The van der Waals surface area contributed by atoms with Crippen LogP contribution in [0.5, 0.6) is 0 Å². The molecule has 13 heavy (non-hydrogen) atoms. The van der Waals surface area contributed by atoms with E-state index in [2.05, 4.69) is 28.6 Å². The summed E-state index contributed by atoms with van der Waals surface area (Å²) in [5.74, 6) is 0.172. The second kappa shape index (κ2) is 4.82. The monoisotopic (exact) mass is 258 g/mol. The summed E-state index contributed by atoms with van der Waals surface area (Å²) in [6.07, 6.45) is 0.539. The number of alkyl halides is 1. The number of Topliss-reactive ketones (excluding diaryl/α,β-unsaturated/α-hetero) is 1. The number of halogens is 1. The van der Waals surface area contributed by atoms with Gasteiger partial charge in [0.2, 0.25) is 0 Å². The minimum Gasteiger partial charge on any atom is -0.294 e. The molecule has 3 heteroatoms. The third-order valence-corrected chi connectivity index (χ3v) is 2.74. The highest BCUT2D eigenvalue weighted by Gasteiger charge is 2.08. The summed E-state index contributed by atoms with van der Waals surface area (Å²) in [6, 6.07) is 5.65. The van der Waals surface area contributed by atoms with Gasteiger partial charge in [-0.1, -0.05) is 28.9 Å². The fourth-order valence-electron chi connectivity index (χ4n) is 1.13. The third-order valence-electron chi connectivity index (χ3n) is 1.86. The zero-order valence-electron chi connectivity index (χ0n) is 7.38. The average Bonchev–Trinajstić information content (AvgIpc) is 2.16. The maximum absolute atomic E-state index is 11.5. The Labute approximate surface area is 92.1 Å². The van der Waals surface area contributed by atoms with Crippen molar-refractivity contribution in [2.24, 2.45) is 0 Å². The molecule has 70 valence electrons. The highest BCUT2D eigenvalue weighted by molar-refractivity contribution is 9.08. The number of hydrogen-bond donors (Lipinski definition) is 1. The van der Waals surface area contributed by atoms with E-state index < -0.39 is 0 Å². The minimum atomic E-state index is 0.172. The number of carbonyl (C=O) groups excluding carboxylic acids is 1. The molecule has 0 heterocycles. The summed E-state index contributed by atoms with van der Waals surface area (Å²) in [4.78, 5) is 12.3. The molecule has 0 aliphatic heterocycles. The molecule has 0 saturated heterocycles. The highest BCUT2D eigenvalue weighted by atomic mass is 79.9. The van der Waals surface area contributed by atoms with Crippen molar-refractivity contribution in [3.63, 3.8) is 0 Å². The van der Waals surface area contributed by atoms with Crippen LogP contribution in [0.3, 0.4) is 0 Å². The largest absolute Gasteiger partial charge is 0.294 e. The van der Waals surface area contributed by atoms with Crippen molar-refractivity contribution in [1.29, 1.82) is 0 Å². The van der Waals surface area contributed by atoms with E-state index in [4.69, 9.17) is 0 Å². The number of thiol groups is 1. The minimum absolute atomic E-state index is 0.172. The SMILES string of the molecule is CCC(=O)c1cc(S)ccc1CBr. The van der Waals surface area contributed by atoms with Crippen LogP contribution in [-0.2, 0) is 5.33 Å². The van der Waals surface area contributed by atoms with E-state index in [1.54, 1.807) is 0 Å². The lowest BCUT2D eigenvalue weighted by Gasteiger charge is -2.05. The van der Waals surface area contributed by atoms with Gasteiger partial charge in [-0.2, -0.15) is 0 Å². The van der Waals surface area contributed by atoms with Crippen molar-refractivity contribution in [1.82, 2.24) is 0 Å². The molecule has 0 atom stereocenters. The van der Waals surface area contributed by atoms with Crippen molar-refractivity contribution in [3.05, 3.63) is 29.3 Å². The molecule has 1 aromatic rings. The molecule has 0 N–H and O–H groups in total. The van der Waals surface area contributed by atoms with E-state index in [9.17, 15) is 4.79 Å². The van der Waals surface area contributed by atoms with E-state index in [1.165, 1.54) is 0 Å². The predicted octanol–water partition coefficient (Wildman–Crippen LogP) is 3.46. The Kier molecular flexibility index (Phi) is 4.00. The first kappa shape index (κ1) is 10.8. The van der Waals surface area contributed by atoms with Crippen LogP contribution >= 0.6 is 28.6 Å². The van der Waals surface area contributed by atoms with Crippen molar-refractivity contribution >= 4 is 34.3 Å². The summed E-state index contributed by atoms with van der Waals surface area (Å²) in [5.41, 5.74) is 1.82. The molecule has 0 fully saturated rings. The lowest BCUT2D eigenvalue weighted by atomic mass is 10.0. The zero-order valence-corrected chi connectivity index (χ0v) is 9.86. The number of rotatable bonds is 3. The van der Waals surface area contributed by atoms with Crippen LogP contribution in [0.25, 0.3) is 0 Å². The Balaban J connectivity index is 3.15.